The summed E-state index contributed by atoms with van der Waals surface area (Å²) in [5.74, 6) is 0.698. The molecule has 106 valence electrons. The predicted molar refractivity (Wildman–Crippen MR) is 75.6 cm³/mol. The minimum absolute atomic E-state index is 0.199. The van der Waals surface area contributed by atoms with Gasteiger partial charge >= 0.3 is 0 Å². The van der Waals surface area contributed by atoms with Gasteiger partial charge in [0.05, 0.1) is 6.61 Å². The van der Waals surface area contributed by atoms with E-state index in [-0.39, 0.29) is 5.54 Å². The molecule has 18 heavy (non-hydrogen) atoms. The van der Waals surface area contributed by atoms with Crippen molar-refractivity contribution >= 4 is 0 Å². The molecule has 0 aromatic carbocycles. The minimum Gasteiger partial charge on any atom is -0.381 e. The van der Waals surface area contributed by atoms with Crippen LogP contribution in [0.3, 0.4) is 0 Å². The Hall–Kier alpha value is -0.120. The van der Waals surface area contributed by atoms with Gasteiger partial charge in [-0.15, -0.1) is 0 Å². The van der Waals surface area contributed by atoms with Gasteiger partial charge in [-0.1, -0.05) is 20.3 Å². The molecule has 2 aliphatic rings. The van der Waals surface area contributed by atoms with Crippen LogP contribution in [-0.4, -0.2) is 43.8 Å². The Morgan fingerprint density at radius 1 is 1.28 bits per heavy atom. The zero-order valence-electron chi connectivity index (χ0n) is 12.4. The first kappa shape index (κ1) is 14.3. The van der Waals surface area contributed by atoms with Crippen LogP contribution in [0.1, 0.15) is 46.0 Å². The smallest absolute Gasteiger partial charge is 0.0506 e. The van der Waals surface area contributed by atoms with Gasteiger partial charge in [-0.25, -0.2) is 0 Å². The Labute approximate surface area is 112 Å². The summed E-state index contributed by atoms with van der Waals surface area (Å²) in [6.07, 6.45) is 6.40. The Kier molecular flexibility index (Phi) is 4.35. The van der Waals surface area contributed by atoms with Crippen molar-refractivity contribution in [3.8, 4) is 0 Å². The molecule has 3 heteroatoms. The highest BCUT2D eigenvalue weighted by molar-refractivity contribution is 5.06. The quantitative estimate of drug-likeness (QED) is 0.836. The maximum Gasteiger partial charge on any atom is 0.0506 e. The molecule has 2 fully saturated rings. The van der Waals surface area contributed by atoms with Gasteiger partial charge in [-0.3, -0.25) is 4.90 Å². The second-order valence-electron chi connectivity index (χ2n) is 6.94. The third kappa shape index (κ3) is 2.45. The summed E-state index contributed by atoms with van der Waals surface area (Å²) in [7, 11) is 2.27. The Bertz CT molecular complexity index is 274. The lowest BCUT2D eigenvalue weighted by Gasteiger charge is -2.49. The molecule has 2 unspecified atom stereocenters. The van der Waals surface area contributed by atoms with Gasteiger partial charge in [0.1, 0.15) is 0 Å². The molecule has 0 bridgehead atoms. The molecule has 3 nitrogen and oxygen atoms in total. The highest BCUT2D eigenvalue weighted by Crippen LogP contribution is 2.48. The van der Waals surface area contributed by atoms with E-state index in [1.807, 2.05) is 0 Å². The first-order chi connectivity index (χ1) is 8.52. The van der Waals surface area contributed by atoms with E-state index in [0.717, 1.165) is 26.3 Å². The van der Waals surface area contributed by atoms with Gasteiger partial charge in [0.15, 0.2) is 0 Å². The van der Waals surface area contributed by atoms with Gasteiger partial charge in [-0.2, -0.15) is 0 Å². The topological polar surface area (TPSA) is 38.5 Å². The third-order valence-electron chi connectivity index (χ3n) is 5.51. The lowest BCUT2D eigenvalue weighted by molar-refractivity contribution is -0.0104. The number of ether oxygens (including phenoxy) is 1. The van der Waals surface area contributed by atoms with Gasteiger partial charge in [0, 0.05) is 25.2 Å². The van der Waals surface area contributed by atoms with Crippen LogP contribution in [-0.2, 0) is 4.74 Å². The van der Waals surface area contributed by atoms with Crippen molar-refractivity contribution in [2.45, 2.75) is 51.5 Å². The van der Waals surface area contributed by atoms with Crippen molar-refractivity contribution < 1.29 is 4.74 Å². The van der Waals surface area contributed by atoms with E-state index in [1.54, 1.807) is 0 Å². The summed E-state index contributed by atoms with van der Waals surface area (Å²) >= 11 is 0. The van der Waals surface area contributed by atoms with Crippen LogP contribution in [0.2, 0.25) is 0 Å². The summed E-state index contributed by atoms with van der Waals surface area (Å²) in [5.41, 5.74) is 6.72. The maximum absolute atomic E-state index is 6.18. The predicted octanol–water partition coefficient (Wildman–Crippen LogP) is 2.25. The fourth-order valence-corrected chi connectivity index (χ4v) is 4.15. The fraction of sp³-hybridized carbons (Fsp3) is 1.00. The molecule has 0 aromatic heterocycles. The van der Waals surface area contributed by atoms with E-state index in [0.29, 0.717) is 11.3 Å². The molecule has 0 aromatic rings. The minimum atomic E-state index is 0.199. The van der Waals surface area contributed by atoms with E-state index >= 15 is 0 Å². The molecule has 0 spiro atoms. The highest BCUT2D eigenvalue weighted by Gasteiger charge is 2.50. The second kappa shape index (κ2) is 5.48. The van der Waals surface area contributed by atoms with Crippen molar-refractivity contribution in [1.29, 1.82) is 0 Å². The first-order valence-corrected chi connectivity index (χ1v) is 7.51. The SMILES string of the molecule is CN(CC1CCCOC1)C1(CN)CCCC1(C)C. The van der Waals surface area contributed by atoms with Crippen molar-refractivity contribution in [1.82, 2.24) is 4.90 Å². The van der Waals surface area contributed by atoms with Crippen LogP contribution in [0.5, 0.6) is 0 Å². The molecular formula is C15H30N2O. The molecule has 2 atom stereocenters. The molecule has 2 rings (SSSR count). The van der Waals surface area contributed by atoms with Crippen LogP contribution in [0.4, 0.5) is 0 Å². The van der Waals surface area contributed by atoms with Gasteiger partial charge in [0.2, 0.25) is 0 Å². The molecule has 0 radical (unpaired) electrons. The average molecular weight is 254 g/mol. The van der Waals surface area contributed by atoms with Crippen LogP contribution in [0.25, 0.3) is 0 Å². The largest absolute Gasteiger partial charge is 0.381 e. The van der Waals surface area contributed by atoms with E-state index in [2.05, 4.69) is 25.8 Å². The average Bonchev–Trinajstić information content (AvgIpc) is 2.66. The normalized spacial score (nSPS) is 36.2. The monoisotopic (exact) mass is 254 g/mol. The number of rotatable bonds is 4. The van der Waals surface area contributed by atoms with Crippen molar-refractivity contribution in [3.05, 3.63) is 0 Å². The summed E-state index contributed by atoms with van der Waals surface area (Å²) in [6.45, 7) is 8.59. The van der Waals surface area contributed by atoms with Gasteiger partial charge < -0.3 is 10.5 Å². The third-order valence-corrected chi connectivity index (χ3v) is 5.51. The molecule has 1 heterocycles. The van der Waals surface area contributed by atoms with E-state index < -0.39 is 0 Å². The molecule has 1 aliphatic carbocycles. The molecule has 1 saturated carbocycles. The zero-order chi connectivity index (χ0) is 13.2. The van der Waals surface area contributed by atoms with E-state index in [1.165, 1.54) is 32.1 Å². The van der Waals surface area contributed by atoms with Crippen LogP contribution >= 0.6 is 0 Å². The van der Waals surface area contributed by atoms with E-state index in [4.69, 9.17) is 10.5 Å². The summed E-state index contributed by atoms with van der Waals surface area (Å²) < 4.78 is 5.61. The molecule has 2 N–H and O–H groups in total. The maximum atomic E-state index is 6.18. The van der Waals surface area contributed by atoms with Crippen LogP contribution in [0, 0.1) is 11.3 Å². The van der Waals surface area contributed by atoms with Crippen molar-refractivity contribution in [3.63, 3.8) is 0 Å². The molecule has 0 amide bonds. The lowest BCUT2D eigenvalue weighted by Crippen LogP contribution is -2.59. The summed E-state index contributed by atoms with van der Waals surface area (Å²) in [4.78, 5) is 2.55. The zero-order valence-corrected chi connectivity index (χ0v) is 12.4. The number of nitrogens with zero attached hydrogens (tertiary/aromatic N) is 1. The van der Waals surface area contributed by atoms with Gasteiger partial charge in [-0.05, 0) is 44.1 Å². The van der Waals surface area contributed by atoms with Crippen molar-refractivity contribution in [2.75, 3.05) is 33.4 Å². The van der Waals surface area contributed by atoms with Crippen molar-refractivity contribution in [2.24, 2.45) is 17.1 Å². The fourth-order valence-electron chi connectivity index (χ4n) is 4.15. The highest BCUT2D eigenvalue weighted by atomic mass is 16.5. The molecule has 1 saturated heterocycles. The number of hydrogen-bond acceptors (Lipinski definition) is 3. The number of likely N-dealkylation sites (N-methyl/N-ethyl adjacent to an activating group) is 1. The lowest BCUT2D eigenvalue weighted by atomic mass is 9.73. The first-order valence-electron chi connectivity index (χ1n) is 7.51. The van der Waals surface area contributed by atoms with Crippen LogP contribution < -0.4 is 5.73 Å². The Balaban J connectivity index is 2.03. The van der Waals surface area contributed by atoms with Crippen LogP contribution in [0.15, 0.2) is 0 Å². The number of hydrogen-bond donors (Lipinski definition) is 1. The Morgan fingerprint density at radius 2 is 2.06 bits per heavy atom. The second-order valence-corrected chi connectivity index (χ2v) is 6.94. The summed E-state index contributed by atoms with van der Waals surface area (Å²) in [5, 5.41) is 0. The van der Waals surface area contributed by atoms with Gasteiger partial charge in [0.25, 0.3) is 0 Å². The number of nitrogens with two attached hydrogens (primary N) is 1. The standard InChI is InChI=1S/C15H30N2O/c1-14(2)7-5-8-15(14,12-16)17(3)10-13-6-4-9-18-11-13/h13H,4-12,16H2,1-3H3. The van der Waals surface area contributed by atoms with E-state index in [9.17, 15) is 0 Å². The molecular weight excluding hydrogens is 224 g/mol. The Morgan fingerprint density at radius 3 is 2.56 bits per heavy atom. The summed E-state index contributed by atoms with van der Waals surface area (Å²) in [6, 6.07) is 0. The molecule has 1 aliphatic heterocycles.